The van der Waals surface area contributed by atoms with E-state index in [2.05, 4.69) is 14.6 Å². The molecule has 0 amide bonds. The van der Waals surface area contributed by atoms with Crippen LogP contribution in [0.2, 0.25) is 15.1 Å². The number of alkyl halides is 3. The Kier molecular flexibility index (Phi) is 7.77. The highest BCUT2D eigenvalue weighted by molar-refractivity contribution is 7.89. The van der Waals surface area contributed by atoms with Crippen molar-refractivity contribution >= 4 is 44.8 Å². The molecule has 0 aliphatic heterocycles. The maximum Gasteiger partial charge on any atom is 0.573 e. The lowest BCUT2D eigenvalue weighted by atomic mass is 10.1. The summed E-state index contributed by atoms with van der Waals surface area (Å²) in [6.07, 6.45) is -5.06. The van der Waals surface area contributed by atoms with E-state index in [0.717, 1.165) is 17.7 Å². The number of benzene rings is 3. The minimum atomic E-state index is -5.06. The van der Waals surface area contributed by atoms with Gasteiger partial charge >= 0.3 is 6.36 Å². The van der Waals surface area contributed by atoms with Crippen LogP contribution in [0.25, 0.3) is 16.9 Å². The van der Waals surface area contributed by atoms with Gasteiger partial charge in [0.25, 0.3) is 0 Å². The molecule has 0 fully saturated rings. The van der Waals surface area contributed by atoms with E-state index in [9.17, 15) is 21.6 Å². The Balaban J connectivity index is 1.74. The third-order valence-corrected chi connectivity index (χ3v) is 7.50. The van der Waals surface area contributed by atoms with Crippen molar-refractivity contribution in [1.82, 2.24) is 14.5 Å². The summed E-state index contributed by atoms with van der Waals surface area (Å²) in [6.45, 7) is 1.41. The Morgan fingerprint density at radius 3 is 2.27 bits per heavy atom. The largest absolute Gasteiger partial charge is 0.573 e. The Morgan fingerprint density at radius 1 is 0.973 bits per heavy atom. The minimum Gasteiger partial charge on any atom is -0.404 e. The van der Waals surface area contributed by atoms with Crippen molar-refractivity contribution in [3.63, 3.8) is 0 Å². The van der Waals surface area contributed by atoms with Crippen LogP contribution in [0.3, 0.4) is 0 Å². The Labute approximate surface area is 225 Å². The molecular formula is C24H17Cl3F3N3O3S. The van der Waals surface area contributed by atoms with Gasteiger partial charge in [-0.2, -0.15) is 5.10 Å². The number of nitrogens with zero attached hydrogens (tertiary/aromatic N) is 2. The van der Waals surface area contributed by atoms with Gasteiger partial charge in [-0.15, -0.1) is 13.2 Å². The number of sulfonamides is 1. The molecule has 37 heavy (non-hydrogen) atoms. The van der Waals surface area contributed by atoms with Crippen molar-refractivity contribution in [2.24, 2.45) is 0 Å². The van der Waals surface area contributed by atoms with Crippen LogP contribution in [0.5, 0.6) is 5.75 Å². The molecule has 13 heteroatoms. The summed E-state index contributed by atoms with van der Waals surface area (Å²) >= 11 is 18.5. The van der Waals surface area contributed by atoms with Crippen molar-refractivity contribution in [2.45, 2.75) is 24.7 Å². The van der Waals surface area contributed by atoms with Gasteiger partial charge in [0.05, 0.1) is 28.6 Å². The molecule has 0 atom stereocenters. The van der Waals surface area contributed by atoms with Crippen molar-refractivity contribution in [2.75, 3.05) is 0 Å². The van der Waals surface area contributed by atoms with Crippen LogP contribution >= 0.6 is 34.8 Å². The lowest BCUT2D eigenvalue weighted by molar-refractivity contribution is -0.275. The third kappa shape index (κ3) is 6.22. The zero-order chi connectivity index (χ0) is 27.0. The van der Waals surface area contributed by atoms with Crippen LogP contribution in [0.15, 0.2) is 71.6 Å². The van der Waals surface area contributed by atoms with Crippen LogP contribution < -0.4 is 9.46 Å². The molecule has 0 saturated heterocycles. The molecule has 6 nitrogen and oxygen atoms in total. The standard InChI is InChI=1S/C24H17Cl3F3N3O3S/c1-14-19(13-31-37(34,35)22-5-3-2-4-21(22)36-24(28,29)30)32-33(20-11-10-17(26)12-18(20)27)23(14)15-6-8-16(25)9-7-15/h2-12,31H,13H2,1H3. The zero-order valence-corrected chi connectivity index (χ0v) is 21.9. The summed E-state index contributed by atoms with van der Waals surface area (Å²) in [5, 5.41) is 5.80. The number of para-hydroxylation sites is 1. The average Bonchev–Trinajstić information content (AvgIpc) is 3.13. The van der Waals surface area contributed by atoms with Crippen molar-refractivity contribution in [3.05, 3.63) is 93.1 Å². The average molecular weight is 591 g/mol. The molecule has 3 aromatic carbocycles. The summed E-state index contributed by atoms with van der Waals surface area (Å²) in [7, 11) is -4.42. The lowest BCUT2D eigenvalue weighted by Crippen LogP contribution is -2.26. The first-order chi connectivity index (χ1) is 17.4. The van der Waals surface area contributed by atoms with Gasteiger partial charge in [-0.1, -0.05) is 59.1 Å². The van der Waals surface area contributed by atoms with Crippen LogP contribution in [0.4, 0.5) is 13.2 Å². The SMILES string of the molecule is Cc1c(CNS(=O)(=O)c2ccccc2OC(F)(F)F)nn(-c2ccc(Cl)cc2Cl)c1-c1ccc(Cl)cc1. The van der Waals surface area contributed by atoms with Crippen LogP contribution in [0.1, 0.15) is 11.3 Å². The summed E-state index contributed by atoms with van der Waals surface area (Å²) in [5.74, 6) is -0.848. The van der Waals surface area contributed by atoms with Gasteiger partial charge < -0.3 is 4.74 Å². The molecule has 194 valence electrons. The second-order valence-electron chi connectivity index (χ2n) is 7.75. The molecule has 4 aromatic rings. The maximum absolute atomic E-state index is 12.9. The number of nitrogens with one attached hydrogen (secondary N) is 1. The van der Waals surface area contributed by atoms with Crippen molar-refractivity contribution in [3.8, 4) is 22.7 Å². The fourth-order valence-electron chi connectivity index (χ4n) is 3.61. The fourth-order valence-corrected chi connectivity index (χ4v) is 5.33. The molecule has 4 rings (SSSR count). The number of hydrogen-bond acceptors (Lipinski definition) is 4. The van der Waals surface area contributed by atoms with Crippen molar-refractivity contribution < 1.29 is 26.3 Å². The van der Waals surface area contributed by atoms with E-state index in [-0.39, 0.29) is 6.54 Å². The highest BCUT2D eigenvalue weighted by atomic mass is 35.5. The van der Waals surface area contributed by atoms with Gasteiger partial charge in [-0.3, -0.25) is 0 Å². The highest BCUT2D eigenvalue weighted by Crippen LogP contribution is 2.34. The second kappa shape index (κ2) is 10.5. The van der Waals surface area contributed by atoms with Crippen LogP contribution in [-0.4, -0.2) is 24.6 Å². The van der Waals surface area contributed by atoms with Gasteiger partial charge in [0.2, 0.25) is 10.0 Å². The van der Waals surface area contributed by atoms with Gasteiger partial charge in [0.1, 0.15) is 10.6 Å². The van der Waals surface area contributed by atoms with Crippen molar-refractivity contribution in [1.29, 1.82) is 0 Å². The monoisotopic (exact) mass is 589 g/mol. The summed E-state index contributed by atoms with van der Waals surface area (Å²) in [5.41, 5.74) is 2.73. The molecular weight excluding hydrogens is 574 g/mol. The first-order valence-electron chi connectivity index (χ1n) is 10.5. The summed E-state index contributed by atoms with van der Waals surface area (Å²) in [6, 6.07) is 16.2. The minimum absolute atomic E-state index is 0.301. The highest BCUT2D eigenvalue weighted by Gasteiger charge is 2.34. The van der Waals surface area contributed by atoms with Gasteiger partial charge in [0, 0.05) is 21.2 Å². The molecule has 0 unspecified atom stereocenters. The van der Waals surface area contributed by atoms with E-state index in [1.54, 1.807) is 54.1 Å². The molecule has 0 saturated carbocycles. The number of halogens is 6. The number of rotatable bonds is 7. The number of ether oxygens (including phenoxy) is 1. The van der Waals surface area contributed by atoms with E-state index in [0.29, 0.717) is 37.7 Å². The van der Waals surface area contributed by atoms with Crippen LogP contribution in [-0.2, 0) is 16.6 Å². The number of aromatic nitrogens is 2. The summed E-state index contributed by atoms with van der Waals surface area (Å²) in [4.78, 5) is -0.664. The van der Waals surface area contributed by atoms with Gasteiger partial charge in [-0.25, -0.2) is 17.8 Å². The molecule has 0 bridgehead atoms. The first-order valence-corrected chi connectivity index (χ1v) is 13.1. The molecule has 0 spiro atoms. The van der Waals surface area contributed by atoms with E-state index < -0.39 is 27.0 Å². The molecule has 1 heterocycles. The van der Waals surface area contributed by atoms with E-state index >= 15 is 0 Å². The topological polar surface area (TPSA) is 73.2 Å². The quantitative estimate of drug-likeness (QED) is 0.247. The predicted molar refractivity (Wildman–Crippen MR) is 136 cm³/mol. The third-order valence-electron chi connectivity index (χ3n) is 5.27. The number of hydrogen-bond donors (Lipinski definition) is 1. The molecule has 0 aliphatic carbocycles. The normalized spacial score (nSPS) is 12.1. The van der Waals surface area contributed by atoms with Gasteiger partial charge in [-0.05, 0) is 49.4 Å². The van der Waals surface area contributed by atoms with E-state index in [4.69, 9.17) is 34.8 Å². The fraction of sp³-hybridized carbons (Fsp3) is 0.125. The molecule has 0 radical (unpaired) electrons. The molecule has 1 aromatic heterocycles. The van der Waals surface area contributed by atoms with E-state index in [1.165, 1.54) is 12.1 Å². The van der Waals surface area contributed by atoms with Gasteiger partial charge in [0.15, 0.2) is 0 Å². The lowest BCUT2D eigenvalue weighted by Gasteiger charge is -2.13. The van der Waals surface area contributed by atoms with E-state index in [1.807, 2.05) is 0 Å². The van der Waals surface area contributed by atoms with Crippen LogP contribution in [0, 0.1) is 6.92 Å². The molecule has 1 N–H and O–H groups in total. The zero-order valence-electron chi connectivity index (χ0n) is 18.9. The maximum atomic E-state index is 12.9. The Bertz CT molecular complexity index is 1560. The Hall–Kier alpha value is -2.76. The predicted octanol–water partition coefficient (Wildman–Crippen LogP) is 7.19. The molecule has 0 aliphatic rings. The Morgan fingerprint density at radius 2 is 1.62 bits per heavy atom. The smallest absolute Gasteiger partial charge is 0.404 e. The second-order valence-corrected chi connectivity index (χ2v) is 10.8. The first kappa shape index (κ1) is 27.3. The summed E-state index contributed by atoms with van der Waals surface area (Å²) < 4.78 is 72.0.